The molecule has 0 spiro atoms. The van der Waals surface area contributed by atoms with E-state index in [2.05, 4.69) is 44.9 Å². The molecule has 2 nitrogen and oxygen atoms in total. The quantitative estimate of drug-likeness (QED) is 0.641. The van der Waals surface area contributed by atoms with Crippen molar-refractivity contribution in [2.24, 2.45) is 0 Å². The van der Waals surface area contributed by atoms with Crippen molar-refractivity contribution in [2.45, 2.75) is 0 Å². The Hall–Kier alpha value is -1.07. The summed E-state index contributed by atoms with van der Waals surface area (Å²) in [6.45, 7) is 0. The zero-order valence-electron chi connectivity index (χ0n) is 8.74. The van der Waals surface area contributed by atoms with Gasteiger partial charge in [0.05, 0.1) is 11.2 Å². The van der Waals surface area contributed by atoms with Crippen LogP contribution < -0.4 is 0 Å². The largest absolute Gasteiger partial charge is 0.277 e. The fourth-order valence-corrected chi connectivity index (χ4v) is 2.43. The third kappa shape index (κ3) is 2.05. The number of benzene rings is 2. The van der Waals surface area contributed by atoms with Gasteiger partial charge in [-0.1, -0.05) is 23.7 Å². The highest BCUT2D eigenvalue weighted by Gasteiger charge is 2.08. The van der Waals surface area contributed by atoms with Crippen molar-refractivity contribution in [2.75, 3.05) is 0 Å². The molecule has 3 aromatic rings. The van der Waals surface area contributed by atoms with Crippen LogP contribution >= 0.6 is 34.2 Å². The van der Waals surface area contributed by atoms with Crippen molar-refractivity contribution in [1.29, 1.82) is 0 Å². The Labute approximate surface area is 117 Å². The molecule has 0 unspecified atom stereocenters. The SMILES string of the molecule is Clc1ccc(-c2n[nH]c3ccc(I)cc23)cc1. The van der Waals surface area contributed by atoms with E-state index in [9.17, 15) is 0 Å². The van der Waals surface area contributed by atoms with Gasteiger partial charge >= 0.3 is 0 Å². The van der Waals surface area contributed by atoms with Crippen LogP contribution in [0.1, 0.15) is 0 Å². The first-order valence-electron chi connectivity index (χ1n) is 5.13. The Balaban J connectivity index is 2.23. The summed E-state index contributed by atoms with van der Waals surface area (Å²) in [6.07, 6.45) is 0. The lowest BCUT2D eigenvalue weighted by molar-refractivity contribution is 1.12. The number of aromatic amines is 1. The highest BCUT2D eigenvalue weighted by molar-refractivity contribution is 14.1. The van der Waals surface area contributed by atoms with E-state index in [0.717, 1.165) is 27.2 Å². The van der Waals surface area contributed by atoms with Gasteiger partial charge in [0, 0.05) is 19.5 Å². The molecular formula is C13H8ClIN2. The fraction of sp³-hybridized carbons (Fsp3) is 0. The number of nitrogens with one attached hydrogen (secondary N) is 1. The van der Waals surface area contributed by atoms with Crippen LogP contribution in [-0.4, -0.2) is 10.2 Å². The predicted molar refractivity (Wildman–Crippen MR) is 79.3 cm³/mol. The number of nitrogens with zero attached hydrogens (tertiary/aromatic N) is 1. The van der Waals surface area contributed by atoms with Gasteiger partial charge in [-0.2, -0.15) is 5.10 Å². The summed E-state index contributed by atoms with van der Waals surface area (Å²) in [4.78, 5) is 0. The van der Waals surface area contributed by atoms with E-state index in [4.69, 9.17) is 11.6 Å². The predicted octanol–water partition coefficient (Wildman–Crippen LogP) is 4.49. The summed E-state index contributed by atoms with van der Waals surface area (Å²) in [5, 5.41) is 9.28. The zero-order chi connectivity index (χ0) is 11.8. The highest BCUT2D eigenvalue weighted by Crippen LogP contribution is 2.28. The first-order chi connectivity index (χ1) is 8.24. The molecule has 0 amide bonds. The number of H-pyrrole nitrogens is 1. The molecule has 0 saturated carbocycles. The lowest BCUT2D eigenvalue weighted by atomic mass is 10.1. The van der Waals surface area contributed by atoms with E-state index in [1.165, 1.54) is 3.57 Å². The summed E-state index contributed by atoms with van der Waals surface area (Å²) in [5.74, 6) is 0. The summed E-state index contributed by atoms with van der Waals surface area (Å²) >= 11 is 8.19. The minimum Gasteiger partial charge on any atom is -0.277 e. The van der Waals surface area contributed by atoms with Crippen LogP contribution in [0.5, 0.6) is 0 Å². The molecule has 0 bridgehead atoms. The zero-order valence-corrected chi connectivity index (χ0v) is 11.7. The Morgan fingerprint density at radius 3 is 2.59 bits per heavy atom. The van der Waals surface area contributed by atoms with E-state index in [1.54, 1.807) is 0 Å². The summed E-state index contributed by atoms with van der Waals surface area (Å²) < 4.78 is 1.20. The Morgan fingerprint density at radius 2 is 1.82 bits per heavy atom. The maximum atomic E-state index is 5.89. The van der Waals surface area contributed by atoms with Gasteiger partial charge in [0.25, 0.3) is 0 Å². The van der Waals surface area contributed by atoms with Crippen molar-refractivity contribution in [3.8, 4) is 11.3 Å². The molecule has 2 aromatic carbocycles. The molecule has 4 heteroatoms. The summed E-state index contributed by atoms with van der Waals surface area (Å²) in [6, 6.07) is 14.0. The summed E-state index contributed by atoms with van der Waals surface area (Å²) in [5.41, 5.74) is 3.09. The minimum atomic E-state index is 0.739. The van der Waals surface area contributed by atoms with Gasteiger partial charge in [-0.3, -0.25) is 5.10 Å². The van der Waals surface area contributed by atoms with Crippen LogP contribution in [0.25, 0.3) is 22.2 Å². The third-order valence-electron chi connectivity index (χ3n) is 2.64. The second-order valence-corrected chi connectivity index (χ2v) is 5.45. The second kappa shape index (κ2) is 4.31. The molecule has 0 aliphatic rings. The molecular weight excluding hydrogens is 347 g/mol. The van der Waals surface area contributed by atoms with Crippen LogP contribution in [0, 0.1) is 3.57 Å². The van der Waals surface area contributed by atoms with Gasteiger partial charge in [-0.15, -0.1) is 0 Å². The number of hydrogen-bond donors (Lipinski definition) is 1. The molecule has 17 heavy (non-hydrogen) atoms. The maximum Gasteiger partial charge on any atom is 0.0999 e. The standard InChI is InChI=1S/C13H8ClIN2/c14-9-3-1-8(2-4-9)13-11-7-10(15)5-6-12(11)16-17-13/h1-7H,(H,16,17). The van der Waals surface area contributed by atoms with Crippen molar-refractivity contribution >= 4 is 45.1 Å². The van der Waals surface area contributed by atoms with Gasteiger partial charge < -0.3 is 0 Å². The molecule has 0 radical (unpaired) electrons. The van der Waals surface area contributed by atoms with Crippen LogP contribution in [-0.2, 0) is 0 Å². The molecule has 1 N–H and O–H groups in total. The van der Waals surface area contributed by atoms with Crippen LogP contribution in [0.3, 0.4) is 0 Å². The van der Waals surface area contributed by atoms with Gasteiger partial charge in [0.1, 0.15) is 0 Å². The molecule has 0 saturated heterocycles. The Morgan fingerprint density at radius 1 is 1.06 bits per heavy atom. The first-order valence-corrected chi connectivity index (χ1v) is 6.59. The van der Waals surface area contributed by atoms with Gasteiger partial charge in [-0.05, 0) is 52.9 Å². The van der Waals surface area contributed by atoms with Crippen LogP contribution in [0.2, 0.25) is 5.02 Å². The van der Waals surface area contributed by atoms with Crippen molar-refractivity contribution in [1.82, 2.24) is 10.2 Å². The molecule has 0 aliphatic carbocycles. The number of fused-ring (bicyclic) bond motifs is 1. The van der Waals surface area contributed by atoms with E-state index >= 15 is 0 Å². The van der Waals surface area contributed by atoms with Gasteiger partial charge in [0.15, 0.2) is 0 Å². The topological polar surface area (TPSA) is 28.7 Å². The number of aromatic nitrogens is 2. The average Bonchev–Trinajstić information content (AvgIpc) is 2.73. The molecule has 0 fully saturated rings. The van der Waals surface area contributed by atoms with E-state index in [1.807, 2.05) is 30.3 Å². The monoisotopic (exact) mass is 354 g/mol. The van der Waals surface area contributed by atoms with E-state index < -0.39 is 0 Å². The van der Waals surface area contributed by atoms with Crippen molar-refractivity contribution in [3.63, 3.8) is 0 Å². The normalized spacial score (nSPS) is 10.9. The third-order valence-corrected chi connectivity index (χ3v) is 3.57. The summed E-state index contributed by atoms with van der Waals surface area (Å²) in [7, 11) is 0. The smallest absolute Gasteiger partial charge is 0.0999 e. The second-order valence-electron chi connectivity index (χ2n) is 3.77. The molecule has 0 atom stereocenters. The lowest BCUT2D eigenvalue weighted by Crippen LogP contribution is -1.78. The van der Waals surface area contributed by atoms with E-state index in [0.29, 0.717) is 0 Å². The van der Waals surface area contributed by atoms with Gasteiger partial charge in [-0.25, -0.2) is 0 Å². The first kappa shape index (κ1) is 11.0. The average molecular weight is 355 g/mol. The molecule has 0 aliphatic heterocycles. The van der Waals surface area contributed by atoms with Crippen LogP contribution in [0.4, 0.5) is 0 Å². The van der Waals surface area contributed by atoms with Crippen LogP contribution in [0.15, 0.2) is 42.5 Å². The number of rotatable bonds is 1. The maximum absolute atomic E-state index is 5.89. The molecule has 1 aromatic heterocycles. The van der Waals surface area contributed by atoms with E-state index in [-0.39, 0.29) is 0 Å². The molecule has 84 valence electrons. The van der Waals surface area contributed by atoms with Crippen molar-refractivity contribution < 1.29 is 0 Å². The van der Waals surface area contributed by atoms with Crippen molar-refractivity contribution in [3.05, 3.63) is 51.1 Å². The highest BCUT2D eigenvalue weighted by atomic mass is 127. The Kier molecular flexibility index (Phi) is 2.80. The minimum absolute atomic E-state index is 0.739. The van der Waals surface area contributed by atoms with Gasteiger partial charge in [0.2, 0.25) is 0 Å². The molecule has 1 heterocycles. The molecule has 3 rings (SSSR count). The Bertz CT molecular complexity index is 673. The number of halogens is 2. The number of hydrogen-bond acceptors (Lipinski definition) is 1. The fourth-order valence-electron chi connectivity index (χ4n) is 1.81. The lowest BCUT2D eigenvalue weighted by Gasteiger charge is -1.98.